The second-order valence-corrected chi connectivity index (χ2v) is 8.85. The van der Waals surface area contributed by atoms with Crippen LogP contribution >= 0.6 is 23.1 Å². The van der Waals surface area contributed by atoms with Gasteiger partial charge in [-0.2, -0.15) is 5.26 Å². The molecule has 4 nitrogen and oxygen atoms in total. The van der Waals surface area contributed by atoms with Gasteiger partial charge < -0.3 is 5.32 Å². The van der Waals surface area contributed by atoms with Gasteiger partial charge in [0, 0.05) is 10.3 Å². The number of aryl methyl sites for hydroxylation is 2. The zero-order chi connectivity index (χ0) is 19.6. The lowest BCUT2D eigenvalue weighted by atomic mass is 10.1. The summed E-state index contributed by atoms with van der Waals surface area (Å²) in [5.41, 5.74) is 3.58. The zero-order valence-electron chi connectivity index (χ0n) is 15.8. The fraction of sp³-hybridized carbons (Fsp3) is 0.286. The summed E-state index contributed by atoms with van der Waals surface area (Å²) in [5.74, 6) is -0.0899. The van der Waals surface area contributed by atoms with Gasteiger partial charge in [-0.05, 0) is 50.5 Å². The average molecular weight is 396 g/mol. The molecule has 0 saturated heterocycles. The van der Waals surface area contributed by atoms with E-state index in [2.05, 4.69) is 24.4 Å². The number of carbonyl (C=O) groups is 1. The summed E-state index contributed by atoms with van der Waals surface area (Å²) in [6.07, 6.45) is 0.676. The molecule has 3 aromatic rings. The van der Waals surface area contributed by atoms with Crippen LogP contribution in [0.4, 0.5) is 5.00 Å². The first-order valence-electron chi connectivity index (χ1n) is 8.78. The minimum atomic E-state index is -0.271. The monoisotopic (exact) mass is 395 g/mol. The Morgan fingerprint density at radius 2 is 2.07 bits per heavy atom. The van der Waals surface area contributed by atoms with E-state index in [0.717, 1.165) is 31.9 Å². The lowest BCUT2D eigenvalue weighted by Gasteiger charge is -2.14. The first-order valence-corrected chi connectivity index (χ1v) is 10.5. The smallest absolute Gasteiger partial charge is 0.238 e. The van der Waals surface area contributed by atoms with Gasteiger partial charge in [0.25, 0.3) is 0 Å². The van der Waals surface area contributed by atoms with Crippen LogP contribution in [0.2, 0.25) is 0 Å². The molecule has 1 atom stereocenters. The second kappa shape index (κ2) is 8.12. The van der Waals surface area contributed by atoms with E-state index in [-0.39, 0.29) is 11.2 Å². The summed E-state index contributed by atoms with van der Waals surface area (Å²) in [6, 6.07) is 12.3. The first-order chi connectivity index (χ1) is 12.9. The van der Waals surface area contributed by atoms with Crippen molar-refractivity contribution in [2.75, 3.05) is 5.32 Å². The second-order valence-electron chi connectivity index (χ2n) is 6.40. The number of fused-ring (bicyclic) bond motifs is 1. The number of para-hydroxylation sites is 1. The molecule has 27 heavy (non-hydrogen) atoms. The molecule has 0 bridgehead atoms. The number of pyridine rings is 1. The van der Waals surface area contributed by atoms with E-state index in [1.165, 1.54) is 23.1 Å². The van der Waals surface area contributed by atoms with Crippen molar-refractivity contribution in [1.29, 1.82) is 5.26 Å². The summed E-state index contributed by atoms with van der Waals surface area (Å²) >= 11 is 2.92. The summed E-state index contributed by atoms with van der Waals surface area (Å²) in [7, 11) is 0. The number of hydrogen-bond donors (Lipinski definition) is 1. The minimum Gasteiger partial charge on any atom is -0.316 e. The van der Waals surface area contributed by atoms with Crippen LogP contribution in [0.3, 0.4) is 0 Å². The number of aromatic nitrogens is 1. The van der Waals surface area contributed by atoms with Crippen molar-refractivity contribution >= 4 is 44.9 Å². The summed E-state index contributed by atoms with van der Waals surface area (Å²) in [5, 5.41) is 14.7. The normalized spacial score (nSPS) is 12.0. The minimum absolute atomic E-state index is 0.0899. The third-order valence-corrected chi connectivity index (χ3v) is 6.96. The molecule has 2 aromatic heterocycles. The van der Waals surface area contributed by atoms with Crippen LogP contribution < -0.4 is 5.32 Å². The maximum Gasteiger partial charge on any atom is 0.238 e. The van der Waals surface area contributed by atoms with Gasteiger partial charge in [-0.15, -0.1) is 11.3 Å². The number of thioether (sulfide) groups is 1. The Hall–Kier alpha value is -2.36. The number of amides is 1. The molecule has 1 aromatic carbocycles. The predicted octanol–water partition coefficient (Wildman–Crippen LogP) is 5.60. The maximum atomic E-state index is 12.8. The molecule has 2 heterocycles. The van der Waals surface area contributed by atoms with E-state index in [0.29, 0.717) is 17.0 Å². The fourth-order valence-corrected chi connectivity index (χ4v) is 4.92. The average Bonchev–Trinajstić information content (AvgIpc) is 2.92. The van der Waals surface area contributed by atoms with E-state index in [4.69, 9.17) is 4.98 Å². The lowest BCUT2D eigenvalue weighted by molar-refractivity contribution is -0.115. The molecular formula is C21H21N3OS2. The lowest BCUT2D eigenvalue weighted by Crippen LogP contribution is -2.24. The molecule has 138 valence electrons. The number of anilines is 1. The van der Waals surface area contributed by atoms with Crippen molar-refractivity contribution in [3.8, 4) is 6.07 Å². The number of nitrogens with one attached hydrogen (secondary N) is 1. The molecule has 0 radical (unpaired) electrons. The van der Waals surface area contributed by atoms with Crippen molar-refractivity contribution in [2.24, 2.45) is 0 Å². The number of nitriles is 1. The highest BCUT2D eigenvalue weighted by Gasteiger charge is 2.22. The molecule has 0 fully saturated rings. The maximum absolute atomic E-state index is 12.8. The highest BCUT2D eigenvalue weighted by Crippen LogP contribution is 2.33. The van der Waals surface area contributed by atoms with Gasteiger partial charge in [0.15, 0.2) is 0 Å². The number of nitrogens with zero attached hydrogens (tertiary/aromatic N) is 2. The molecule has 1 N–H and O–H groups in total. The Kier molecular flexibility index (Phi) is 5.83. The van der Waals surface area contributed by atoms with Gasteiger partial charge >= 0.3 is 0 Å². The first kappa shape index (κ1) is 19.4. The van der Waals surface area contributed by atoms with Crippen LogP contribution in [0.25, 0.3) is 10.9 Å². The SMILES string of the molecule is CCC(Sc1cc(C)c2ccccc2n1)C(=O)Nc1sc(C)c(C)c1C#N. The molecule has 1 unspecified atom stereocenters. The van der Waals surface area contributed by atoms with Crippen molar-refractivity contribution in [1.82, 2.24) is 4.98 Å². The Morgan fingerprint density at radius 1 is 1.33 bits per heavy atom. The van der Waals surface area contributed by atoms with Gasteiger partial charge in [0.05, 0.1) is 21.4 Å². The van der Waals surface area contributed by atoms with Gasteiger partial charge in [-0.25, -0.2) is 4.98 Å². The Balaban J connectivity index is 1.82. The number of carbonyl (C=O) groups excluding carboxylic acids is 1. The van der Waals surface area contributed by atoms with E-state index < -0.39 is 0 Å². The van der Waals surface area contributed by atoms with Gasteiger partial charge in [-0.3, -0.25) is 4.79 Å². The van der Waals surface area contributed by atoms with Crippen molar-refractivity contribution in [2.45, 2.75) is 44.4 Å². The van der Waals surface area contributed by atoms with Gasteiger partial charge in [0.1, 0.15) is 11.1 Å². The Bertz CT molecular complexity index is 1050. The Labute approximate surface area is 167 Å². The topological polar surface area (TPSA) is 65.8 Å². The van der Waals surface area contributed by atoms with Crippen molar-refractivity contribution in [3.05, 3.63) is 51.9 Å². The zero-order valence-corrected chi connectivity index (χ0v) is 17.4. The summed E-state index contributed by atoms with van der Waals surface area (Å²) in [6.45, 7) is 7.92. The van der Waals surface area contributed by atoms with Crippen molar-refractivity contribution in [3.63, 3.8) is 0 Å². The Morgan fingerprint density at radius 3 is 2.78 bits per heavy atom. The van der Waals surface area contributed by atoms with E-state index in [1.54, 1.807) is 0 Å². The quantitative estimate of drug-likeness (QED) is 0.571. The van der Waals surface area contributed by atoms with E-state index in [9.17, 15) is 10.1 Å². The molecule has 0 aliphatic carbocycles. The number of benzene rings is 1. The van der Waals surface area contributed by atoms with Crippen LogP contribution in [-0.4, -0.2) is 16.1 Å². The number of thiophene rings is 1. The van der Waals surface area contributed by atoms with Crippen LogP contribution in [0.15, 0.2) is 35.4 Å². The molecular weight excluding hydrogens is 374 g/mol. The van der Waals surface area contributed by atoms with Crippen LogP contribution in [0.1, 0.15) is 34.9 Å². The predicted molar refractivity (Wildman–Crippen MR) is 114 cm³/mol. The molecule has 0 aliphatic heterocycles. The van der Waals surface area contributed by atoms with Crippen LogP contribution in [0.5, 0.6) is 0 Å². The standard InChI is InChI=1S/C21H21N3OS2/c1-5-18(20(25)24-21-16(11-22)13(3)14(4)26-21)27-19-10-12(2)15-8-6-7-9-17(15)23-19/h6-10,18H,5H2,1-4H3,(H,24,25). The molecule has 0 aliphatic rings. The number of rotatable bonds is 5. The highest BCUT2D eigenvalue weighted by atomic mass is 32.2. The molecule has 1 amide bonds. The van der Waals surface area contributed by atoms with E-state index >= 15 is 0 Å². The summed E-state index contributed by atoms with van der Waals surface area (Å²) in [4.78, 5) is 18.6. The van der Waals surface area contributed by atoms with Crippen molar-refractivity contribution < 1.29 is 4.79 Å². The number of hydrogen-bond acceptors (Lipinski definition) is 5. The van der Waals surface area contributed by atoms with Gasteiger partial charge in [-0.1, -0.05) is 36.9 Å². The third kappa shape index (κ3) is 4.00. The fourth-order valence-electron chi connectivity index (χ4n) is 2.89. The van der Waals surface area contributed by atoms with Crippen LogP contribution in [0, 0.1) is 32.1 Å². The molecule has 6 heteroatoms. The van der Waals surface area contributed by atoms with Crippen LogP contribution in [-0.2, 0) is 4.79 Å². The molecule has 0 spiro atoms. The highest BCUT2D eigenvalue weighted by molar-refractivity contribution is 8.00. The van der Waals surface area contributed by atoms with Gasteiger partial charge in [0.2, 0.25) is 5.91 Å². The summed E-state index contributed by atoms with van der Waals surface area (Å²) < 4.78 is 0. The largest absolute Gasteiger partial charge is 0.316 e. The molecule has 3 rings (SSSR count). The third-order valence-electron chi connectivity index (χ3n) is 4.56. The van der Waals surface area contributed by atoms with E-state index in [1.807, 2.05) is 45.0 Å². The molecule has 0 saturated carbocycles.